The number of methoxy groups -OCH3 is 1. The van der Waals surface area contributed by atoms with Crippen molar-refractivity contribution in [2.75, 3.05) is 7.11 Å². The number of esters is 1. The predicted molar refractivity (Wildman–Crippen MR) is 63.3 cm³/mol. The van der Waals surface area contributed by atoms with Crippen LogP contribution in [0.2, 0.25) is 0 Å². The number of carbonyl (C=O) groups excluding carboxylic acids is 1. The molecule has 1 rings (SSSR count). The van der Waals surface area contributed by atoms with Crippen LogP contribution in [0.1, 0.15) is 28.4 Å². The Kier molecular flexibility index (Phi) is 5.30. The van der Waals surface area contributed by atoms with Crippen molar-refractivity contribution < 1.29 is 45.4 Å². The maximum atomic E-state index is 13.2. The summed E-state index contributed by atoms with van der Waals surface area (Å²) in [6, 6.07) is 3.98. The number of hydrogen-bond donors (Lipinski definition) is 1. The van der Waals surface area contributed by atoms with Crippen LogP contribution < -0.4 is 0 Å². The molecular weight excluding hydrogens is 337 g/mol. The molecule has 0 heterocycles. The molecule has 10 heteroatoms. The van der Waals surface area contributed by atoms with E-state index in [1.54, 1.807) is 0 Å². The summed E-state index contributed by atoms with van der Waals surface area (Å²) in [6.07, 6.45) is -10.9. The molecule has 0 aromatic heterocycles. The molecule has 0 spiro atoms. The number of aliphatic hydroxyl groups excluding tert-OH is 1. The molecule has 0 radical (unpaired) electrons. The number of alkyl halides is 7. The van der Waals surface area contributed by atoms with Gasteiger partial charge < -0.3 is 9.84 Å². The van der Waals surface area contributed by atoms with Gasteiger partial charge >= 0.3 is 24.0 Å². The van der Waals surface area contributed by atoms with Crippen molar-refractivity contribution in [1.82, 2.24) is 0 Å². The SMILES string of the molecule is COC(=O)c1ccc(C(O)CC(F)(F)C(F)(F)C(F)(F)F)cc1. The van der Waals surface area contributed by atoms with Gasteiger partial charge in [0.15, 0.2) is 0 Å². The van der Waals surface area contributed by atoms with Crippen LogP contribution in [0.25, 0.3) is 0 Å². The summed E-state index contributed by atoms with van der Waals surface area (Å²) in [6.45, 7) is 0. The average Bonchev–Trinajstić information content (AvgIpc) is 2.44. The Bertz CT molecular complexity index is 552. The first-order valence-electron chi connectivity index (χ1n) is 6.02. The second-order valence-corrected chi connectivity index (χ2v) is 4.61. The number of hydrogen-bond acceptors (Lipinski definition) is 3. The first kappa shape index (κ1) is 19.2. The Labute approximate surface area is 125 Å². The van der Waals surface area contributed by atoms with Crippen LogP contribution in [-0.4, -0.2) is 36.2 Å². The molecule has 1 atom stereocenters. The fourth-order valence-corrected chi connectivity index (χ4v) is 1.66. The lowest BCUT2D eigenvalue weighted by Gasteiger charge is -2.29. The van der Waals surface area contributed by atoms with Gasteiger partial charge in [-0.25, -0.2) is 4.79 Å². The smallest absolute Gasteiger partial charge is 0.459 e. The molecule has 0 aliphatic rings. The third kappa shape index (κ3) is 3.92. The van der Waals surface area contributed by atoms with Crippen molar-refractivity contribution in [1.29, 1.82) is 0 Å². The highest BCUT2D eigenvalue weighted by molar-refractivity contribution is 5.89. The lowest BCUT2D eigenvalue weighted by atomic mass is 9.98. The van der Waals surface area contributed by atoms with Crippen molar-refractivity contribution in [3.8, 4) is 0 Å². The van der Waals surface area contributed by atoms with Crippen molar-refractivity contribution in [2.45, 2.75) is 30.5 Å². The van der Waals surface area contributed by atoms with Crippen LogP contribution in [0.3, 0.4) is 0 Å². The van der Waals surface area contributed by atoms with Gasteiger partial charge in [-0.1, -0.05) is 12.1 Å². The minimum absolute atomic E-state index is 0.0177. The molecule has 130 valence electrons. The summed E-state index contributed by atoms with van der Waals surface area (Å²) in [4.78, 5) is 11.1. The molecule has 23 heavy (non-hydrogen) atoms. The third-order valence-electron chi connectivity index (χ3n) is 2.98. The molecule has 0 bridgehead atoms. The Hall–Kier alpha value is -1.84. The topological polar surface area (TPSA) is 46.5 Å². The quantitative estimate of drug-likeness (QED) is 0.652. The first-order chi connectivity index (χ1) is 10.3. The number of benzene rings is 1. The molecule has 0 saturated heterocycles. The highest BCUT2D eigenvalue weighted by Gasteiger charge is 2.72. The summed E-state index contributed by atoms with van der Waals surface area (Å²) in [7, 11) is 1.07. The normalized spacial score (nSPS) is 14.5. The first-order valence-corrected chi connectivity index (χ1v) is 6.02. The van der Waals surface area contributed by atoms with Gasteiger partial charge in [-0.2, -0.15) is 30.7 Å². The highest BCUT2D eigenvalue weighted by atomic mass is 19.4. The molecule has 0 amide bonds. The van der Waals surface area contributed by atoms with E-state index in [-0.39, 0.29) is 11.1 Å². The zero-order chi connectivity index (χ0) is 18.1. The zero-order valence-corrected chi connectivity index (χ0v) is 11.5. The Morgan fingerprint density at radius 1 is 1.09 bits per heavy atom. The van der Waals surface area contributed by atoms with Crippen LogP contribution in [-0.2, 0) is 4.74 Å². The number of ether oxygens (including phenoxy) is 1. The van der Waals surface area contributed by atoms with Crippen molar-refractivity contribution in [3.63, 3.8) is 0 Å². The minimum Gasteiger partial charge on any atom is -0.465 e. The van der Waals surface area contributed by atoms with Crippen molar-refractivity contribution in [2.24, 2.45) is 0 Å². The molecule has 3 nitrogen and oxygen atoms in total. The van der Waals surface area contributed by atoms with Crippen LogP contribution in [0.5, 0.6) is 0 Å². The van der Waals surface area contributed by atoms with Crippen LogP contribution >= 0.6 is 0 Å². The molecule has 0 fully saturated rings. The Morgan fingerprint density at radius 2 is 1.57 bits per heavy atom. The molecule has 0 aliphatic carbocycles. The predicted octanol–water partition coefficient (Wildman–Crippen LogP) is 3.73. The molecule has 0 saturated carbocycles. The summed E-state index contributed by atoms with van der Waals surface area (Å²) >= 11 is 0. The number of rotatable bonds is 5. The Balaban J connectivity index is 2.94. The van der Waals surface area contributed by atoms with E-state index in [1.165, 1.54) is 0 Å². The van der Waals surface area contributed by atoms with E-state index in [9.17, 15) is 40.6 Å². The maximum absolute atomic E-state index is 13.2. The van der Waals surface area contributed by atoms with E-state index in [2.05, 4.69) is 4.74 Å². The van der Waals surface area contributed by atoms with Gasteiger partial charge in [0, 0.05) is 6.42 Å². The monoisotopic (exact) mass is 348 g/mol. The third-order valence-corrected chi connectivity index (χ3v) is 2.98. The van der Waals surface area contributed by atoms with Crippen molar-refractivity contribution >= 4 is 5.97 Å². The van der Waals surface area contributed by atoms with E-state index in [0.717, 1.165) is 31.4 Å². The molecule has 0 aliphatic heterocycles. The largest absolute Gasteiger partial charge is 0.465 e. The van der Waals surface area contributed by atoms with E-state index < -0.39 is 36.5 Å². The molecule has 1 unspecified atom stereocenters. The lowest BCUT2D eigenvalue weighted by molar-refractivity contribution is -0.358. The number of aliphatic hydroxyl groups is 1. The fraction of sp³-hybridized carbons (Fsp3) is 0.462. The van der Waals surface area contributed by atoms with Crippen molar-refractivity contribution in [3.05, 3.63) is 35.4 Å². The maximum Gasteiger partial charge on any atom is 0.459 e. The second-order valence-electron chi connectivity index (χ2n) is 4.61. The van der Waals surface area contributed by atoms with Gasteiger partial charge in [-0.05, 0) is 17.7 Å². The van der Waals surface area contributed by atoms with Gasteiger partial charge in [-0.15, -0.1) is 0 Å². The van der Waals surface area contributed by atoms with E-state index in [4.69, 9.17) is 0 Å². The van der Waals surface area contributed by atoms with Gasteiger partial charge in [-0.3, -0.25) is 0 Å². The summed E-state index contributed by atoms with van der Waals surface area (Å²) < 4.78 is 92.2. The average molecular weight is 348 g/mol. The molecular formula is C13H11F7O3. The zero-order valence-electron chi connectivity index (χ0n) is 11.5. The highest BCUT2D eigenvalue weighted by Crippen LogP contribution is 2.49. The van der Waals surface area contributed by atoms with Crippen LogP contribution in [0, 0.1) is 0 Å². The van der Waals surface area contributed by atoms with Gasteiger partial charge in [0.2, 0.25) is 0 Å². The number of halogens is 7. The second kappa shape index (κ2) is 6.34. The van der Waals surface area contributed by atoms with E-state index in [0.29, 0.717) is 0 Å². The van der Waals surface area contributed by atoms with E-state index in [1.807, 2.05) is 0 Å². The molecule has 1 aromatic rings. The summed E-state index contributed by atoms with van der Waals surface area (Å²) in [5.41, 5.74) is -0.369. The van der Waals surface area contributed by atoms with Gasteiger partial charge in [0.05, 0.1) is 18.8 Å². The number of carbonyl (C=O) groups is 1. The lowest BCUT2D eigenvalue weighted by Crippen LogP contribution is -2.52. The Morgan fingerprint density at radius 3 is 1.96 bits per heavy atom. The van der Waals surface area contributed by atoms with E-state index >= 15 is 0 Å². The molecule has 1 N–H and O–H groups in total. The fourth-order valence-electron chi connectivity index (χ4n) is 1.66. The minimum atomic E-state index is -6.45. The van der Waals surface area contributed by atoms with Crippen LogP contribution in [0.15, 0.2) is 24.3 Å². The van der Waals surface area contributed by atoms with Gasteiger partial charge in [0.25, 0.3) is 0 Å². The standard InChI is InChI=1S/C13H11F7O3/c1-23-10(22)8-4-2-7(3-5-8)9(21)6-11(14,15)12(16,17)13(18,19)20/h2-5,9,21H,6H2,1H3. The molecule has 1 aromatic carbocycles. The van der Waals surface area contributed by atoms with Gasteiger partial charge in [0.1, 0.15) is 0 Å². The van der Waals surface area contributed by atoms with Crippen LogP contribution in [0.4, 0.5) is 30.7 Å². The summed E-state index contributed by atoms with van der Waals surface area (Å²) in [5, 5.41) is 9.48. The summed E-state index contributed by atoms with van der Waals surface area (Å²) in [5.74, 6) is -12.6.